The molecule has 0 spiro atoms. The van der Waals surface area contributed by atoms with Crippen LogP contribution < -0.4 is 0 Å². The zero-order valence-corrected chi connectivity index (χ0v) is 11.3. The van der Waals surface area contributed by atoms with Crippen LogP contribution in [0.5, 0.6) is 0 Å². The van der Waals surface area contributed by atoms with E-state index < -0.39 is 0 Å². The van der Waals surface area contributed by atoms with Crippen molar-refractivity contribution in [3.8, 4) is 0 Å². The highest BCUT2D eigenvalue weighted by Crippen LogP contribution is 2.12. The monoisotopic (exact) mass is 266 g/mol. The van der Waals surface area contributed by atoms with Crippen LogP contribution in [-0.4, -0.2) is 0 Å². The van der Waals surface area contributed by atoms with Crippen molar-refractivity contribution in [3.05, 3.63) is 80.5 Å². The molecule has 0 aliphatic carbocycles. The zero-order valence-electron chi connectivity index (χ0n) is 11.3. The molecule has 0 saturated heterocycles. The highest BCUT2D eigenvalue weighted by molar-refractivity contribution is 5.38. The summed E-state index contributed by atoms with van der Waals surface area (Å²) in [6.45, 7) is 3.97. The van der Waals surface area contributed by atoms with Crippen molar-refractivity contribution in [3.63, 3.8) is 0 Å². The molecule has 0 heterocycles. The predicted octanol–water partition coefficient (Wildman–Crippen LogP) is 5.87. The molecule has 0 atom stereocenters. The fourth-order valence-corrected chi connectivity index (χ4v) is 1.33. The Balaban J connectivity index is 0.000000200. The van der Waals surface area contributed by atoms with Gasteiger partial charge >= 0.3 is 0 Å². The second kappa shape index (κ2) is 8.21. The first-order chi connectivity index (χ1) is 9.65. The van der Waals surface area contributed by atoms with Gasteiger partial charge in [0.1, 0.15) is 0 Å². The minimum atomic E-state index is 0.660. The molecule has 0 amide bonds. The van der Waals surface area contributed by atoms with E-state index >= 15 is 0 Å². The summed E-state index contributed by atoms with van der Waals surface area (Å²) in [5.41, 5.74) is 19.7. The van der Waals surface area contributed by atoms with Crippen molar-refractivity contribution in [1.29, 1.82) is 0 Å². The molecule has 2 aromatic carbocycles. The van der Waals surface area contributed by atoms with Gasteiger partial charge in [0.2, 0.25) is 0 Å². The van der Waals surface area contributed by atoms with E-state index in [9.17, 15) is 0 Å². The maximum atomic E-state index is 8.05. The molecule has 0 bridgehead atoms. The topological polar surface area (TPSA) is 97.5 Å². The van der Waals surface area contributed by atoms with E-state index in [0.29, 0.717) is 11.4 Å². The maximum Gasteiger partial charge on any atom is 0.0375 e. The van der Waals surface area contributed by atoms with Crippen LogP contribution >= 0.6 is 0 Å². The summed E-state index contributed by atoms with van der Waals surface area (Å²) >= 11 is 0. The molecule has 0 aromatic heterocycles. The molecule has 0 saturated carbocycles. The first kappa shape index (κ1) is 15.1. The molecular weight excluding hydrogens is 252 g/mol. The lowest BCUT2D eigenvalue weighted by atomic mass is 10.2. The van der Waals surface area contributed by atoms with E-state index in [-0.39, 0.29) is 0 Å². The van der Waals surface area contributed by atoms with Crippen LogP contribution in [-0.2, 0) is 0 Å². The Morgan fingerprint density at radius 3 is 1.20 bits per heavy atom. The van der Waals surface area contributed by atoms with Gasteiger partial charge in [-0.05, 0) is 24.9 Å². The molecule has 0 fully saturated rings. The van der Waals surface area contributed by atoms with E-state index in [0.717, 1.165) is 11.1 Å². The van der Waals surface area contributed by atoms with Gasteiger partial charge in [-0.1, -0.05) is 69.9 Å². The fraction of sp³-hybridized carbons (Fsp3) is 0.143. The minimum Gasteiger partial charge on any atom is -0.0608 e. The van der Waals surface area contributed by atoms with Crippen LogP contribution in [0.25, 0.3) is 20.9 Å². The minimum absolute atomic E-state index is 0.660. The van der Waals surface area contributed by atoms with E-state index in [1.807, 2.05) is 38.1 Å². The third-order valence-corrected chi connectivity index (χ3v) is 2.39. The van der Waals surface area contributed by atoms with Gasteiger partial charge in [-0.15, -0.1) is 0 Å². The standard InChI is InChI=1S/2C7H7N3/c2*1-6-2-4-7(5-3-6)9-10-8/h2*2-5H,1H3. The molecule has 0 N–H and O–H groups in total. The molecule has 0 aliphatic heterocycles. The average molecular weight is 266 g/mol. The van der Waals surface area contributed by atoms with Gasteiger partial charge in [-0.3, -0.25) is 0 Å². The van der Waals surface area contributed by atoms with Crippen LogP contribution in [0.15, 0.2) is 58.8 Å². The Morgan fingerprint density at radius 2 is 0.950 bits per heavy atom. The highest BCUT2D eigenvalue weighted by Gasteiger charge is 1.85. The number of azide groups is 2. The third kappa shape index (κ3) is 5.60. The highest BCUT2D eigenvalue weighted by atomic mass is 15.1. The molecule has 2 aromatic rings. The van der Waals surface area contributed by atoms with Gasteiger partial charge in [0.15, 0.2) is 0 Å². The fourth-order valence-electron chi connectivity index (χ4n) is 1.33. The van der Waals surface area contributed by atoms with Crippen molar-refractivity contribution in [2.45, 2.75) is 13.8 Å². The summed E-state index contributed by atoms with van der Waals surface area (Å²) in [4.78, 5) is 5.32. The van der Waals surface area contributed by atoms with Crippen LogP contribution in [0.3, 0.4) is 0 Å². The summed E-state index contributed by atoms with van der Waals surface area (Å²) in [5, 5.41) is 6.86. The Kier molecular flexibility index (Phi) is 6.21. The van der Waals surface area contributed by atoms with Crippen molar-refractivity contribution >= 4 is 11.4 Å². The van der Waals surface area contributed by atoms with E-state index in [4.69, 9.17) is 11.1 Å². The van der Waals surface area contributed by atoms with Gasteiger partial charge in [0.05, 0.1) is 0 Å². The molecule has 6 heteroatoms. The Bertz CT molecular complexity index is 573. The zero-order chi connectivity index (χ0) is 14.8. The lowest BCUT2D eigenvalue weighted by Gasteiger charge is -1.90. The number of rotatable bonds is 2. The second-order valence-corrected chi connectivity index (χ2v) is 4.05. The molecule has 2 rings (SSSR count). The molecule has 100 valence electrons. The van der Waals surface area contributed by atoms with Crippen molar-refractivity contribution in [1.82, 2.24) is 0 Å². The number of benzene rings is 2. The summed E-state index contributed by atoms with van der Waals surface area (Å²) < 4.78 is 0. The molecule has 0 aliphatic rings. The molecular formula is C14H14N6. The summed E-state index contributed by atoms with van der Waals surface area (Å²) in [7, 11) is 0. The smallest absolute Gasteiger partial charge is 0.0375 e. The quantitative estimate of drug-likeness (QED) is 0.368. The molecule has 0 unspecified atom stereocenters. The predicted molar refractivity (Wildman–Crippen MR) is 80.0 cm³/mol. The van der Waals surface area contributed by atoms with Gasteiger partial charge in [0, 0.05) is 21.2 Å². The largest absolute Gasteiger partial charge is 0.0608 e. The van der Waals surface area contributed by atoms with Gasteiger partial charge in [0.25, 0.3) is 0 Å². The van der Waals surface area contributed by atoms with E-state index in [2.05, 4.69) is 20.1 Å². The summed E-state index contributed by atoms with van der Waals surface area (Å²) in [5.74, 6) is 0. The van der Waals surface area contributed by atoms with Crippen LogP contribution in [0.2, 0.25) is 0 Å². The number of nitrogens with zero attached hydrogens (tertiary/aromatic N) is 6. The van der Waals surface area contributed by atoms with Gasteiger partial charge in [-0.2, -0.15) is 0 Å². The molecule has 0 radical (unpaired) electrons. The first-order valence-electron chi connectivity index (χ1n) is 5.89. The summed E-state index contributed by atoms with van der Waals surface area (Å²) in [6, 6.07) is 14.8. The van der Waals surface area contributed by atoms with Crippen molar-refractivity contribution < 1.29 is 0 Å². The molecule has 6 nitrogen and oxygen atoms in total. The van der Waals surface area contributed by atoms with Crippen LogP contribution in [0.1, 0.15) is 11.1 Å². The van der Waals surface area contributed by atoms with Gasteiger partial charge < -0.3 is 0 Å². The first-order valence-corrected chi connectivity index (χ1v) is 5.89. The number of aryl methyl sites for hydroxylation is 2. The number of hydrogen-bond donors (Lipinski definition) is 0. The summed E-state index contributed by atoms with van der Waals surface area (Å²) in [6.07, 6.45) is 0. The average Bonchev–Trinajstić information content (AvgIpc) is 2.45. The van der Waals surface area contributed by atoms with E-state index in [1.54, 1.807) is 24.3 Å². The Hall–Kier alpha value is -2.94. The SMILES string of the molecule is Cc1ccc(N=[N+]=[N-])cc1.Cc1ccc(N=[N+]=[N-])cc1. The number of hydrogen-bond acceptors (Lipinski definition) is 2. The maximum absolute atomic E-state index is 8.05. The second-order valence-electron chi connectivity index (χ2n) is 4.05. The van der Waals surface area contributed by atoms with Crippen molar-refractivity contribution in [2.75, 3.05) is 0 Å². The Morgan fingerprint density at radius 1 is 0.650 bits per heavy atom. The van der Waals surface area contributed by atoms with E-state index in [1.165, 1.54) is 0 Å². The molecule has 20 heavy (non-hydrogen) atoms. The lowest BCUT2D eigenvalue weighted by molar-refractivity contribution is 1.42. The van der Waals surface area contributed by atoms with Crippen molar-refractivity contribution in [2.24, 2.45) is 10.2 Å². The van der Waals surface area contributed by atoms with Gasteiger partial charge in [-0.25, -0.2) is 0 Å². The third-order valence-electron chi connectivity index (χ3n) is 2.39. The Labute approximate surface area is 116 Å². The van der Waals surface area contributed by atoms with Crippen LogP contribution in [0.4, 0.5) is 11.4 Å². The normalized spacial score (nSPS) is 8.50. The lowest BCUT2D eigenvalue weighted by Crippen LogP contribution is -1.66. The van der Waals surface area contributed by atoms with Crippen LogP contribution in [0, 0.1) is 13.8 Å².